The van der Waals surface area contributed by atoms with Crippen LogP contribution in [0.15, 0.2) is 12.7 Å². The highest BCUT2D eigenvalue weighted by Crippen LogP contribution is 2.10. The van der Waals surface area contributed by atoms with Crippen LogP contribution >= 0.6 is 12.6 Å². The quantitative estimate of drug-likeness (QED) is 0.444. The van der Waals surface area contributed by atoms with Gasteiger partial charge in [0.15, 0.2) is 0 Å². The van der Waals surface area contributed by atoms with Crippen LogP contribution in [0.1, 0.15) is 13.8 Å². The summed E-state index contributed by atoms with van der Waals surface area (Å²) in [7, 11) is 0. The van der Waals surface area contributed by atoms with E-state index in [0.29, 0.717) is 0 Å². The van der Waals surface area contributed by atoms with Crippen molar-refractivity contribution in [2.75, 3.05) is 0 Å². The van der Waals surface area contributed by atoms with E-state index in [2.05, 4.69) is 6.58 Å². The lowest BCUT2D eigenvalue weighted by molar-refractivity contribution is 0.912. The van der Waals surface area contributed by atoms with Crippen LogP contribution in [0.4, 0.5) is 0 Å². The first-order chi connectivity index (χ1) is 2.56. The molecule has 1 radical (unpaired) electrons. The Morgan fingerprint density at radius 3 is 1.83 bits per heavy atom. The summed E-state index contributed by atoms with van der Waals surface area (Å²) in [6, 6.07) is 0. The van der Waals surface area contributed by atoms with Gasteiger partial charge in [-0.25, -0.2) is 0 Å². The van der Waals surface area contributed by atoms with E-state index in [4.69, 9.17) is 12.6 Å². The summed E-state index contributed by atoms with van der Waals surface area (Å²) in [5.41, 5.74) is 0. The first-order valence-electron chi connectivity index (χ1n) is 1.90. The van der Waals surface area contributed by atoms with Crippen molar-refractivity contribution in [2.45, 2.75) is 18.6 Å². The van der Waals surface area contributed by atoms with Crippen LogP contribution in [0.3, 0.4) is 0 Å². The lowest BCUT2D eigenvalue weighted by Crippen LogP contribution is -2.02. The fourth-order valence-electron chi connectivity index (χ4n) is 0. The second-order valence-electron chi connectivity index (χ2n) is 1.81. The molecule has 0 saturated carbocycles. The van der Waals surface area contributed by atoms with E-state index in [1.165, 1.54) is 0 Å². The molecule has 1 heteroatoms. The molecular formula is C5H9S. The fraction of sp³-hybridized carbons (Fsp3) is 0.600. The van der Waals surface area contributed by atoms with Gasteiger partial charge in [-0.1, -0.05) is 18.7 Å². The van der Waals surface area contributed by atoms with Gasteiger partial charge in [-0.2, -0.15) is 0 Å². The summed E-state index contributed by atoms with van der Waals surface area (Å²) in [6.45, 7) is 7.41. The molecule has 0 fully saturated rings. The third-order valence-electron chi connectivity index (χ3n) is 0.492. The molecule has 0 heterocycles. The zero-order valence-corrected chi connectivity index (χ0v) is 5.01. The molecule has 0 aliphatic rings. The monoisotopic (exact) mass is 101 g/mol. The van der Waals surface area contributed by atoms with E-state index in [0.717, 1.165) is 0 Å². The molecular weight excluding hydrogens is 92.1 g/mol. The largest absolute Gasteiger partial charge is 0.102 e. The van der Waals surface area contributed by atoms with Gasteiger partial charge < -0.3 is 0 Å². The Hall–Kier alpha value is 0.0900. The van der Waals surface area contributed by atoms with Crippen LogP contribution in [0.2, 0.25) is 0 Å². The van der Waals surface area contributed by atoms with Crippen LogP contribution in [0.5, 0.6) is 0 Å². The zero-order valence-electron chi connectivity index (χ0n) is 4.19. The van der Waals surface area contributed by atoms with Crippen LogP contribution in [0, 0.1) is 0 Å². The fourth-order valence-corrected chi connectivity index (χ4v) is 0. The molecule has 0 saturated heterocycles. The van der Waals surface area contributed by atoms with E-state index in [1.807, 2.05) is 13.8 Å². The van der Waals surface area contributed by atoms with Gasteiger partial charge >= 0.3 is 0 Å². The highest BCUT2D eigenvalue weighted by molar-refractivity contribution is 7.82. The summed E-state index contributed by atoms with van der Waals surface area (Å²) in [5.74, 6) is 0. The predicted octanol–water partition coefficient (Wildman–Crippen LogP) is 2.15. The predicted molar refractivity (Wildman–Crippen MR) is 31.9 cm³/mol. The third-order valence-corrected chi connectivity index (χ3v) is 0.658. The molecule has 0 N–H and O–H groups in total. The molecule has 0 nitrogen and oxygen atoms in total. The van der Waals surface area contributed by atoms with Crippen molar-refractivity contribution in [2.24, 2.45) is 0 Å². The zero-order chi connectivity index (χ0) is 5.21. The molecule has 6 heavy (non-hydrogen) atoms. The summed E-state index contributed by atoms with van der Waals surface area (Å²) in [6.07, 6.45) is 1.75. The Morgan fingerprint density at radius 2 is 1.83 bits per heavy atom. The number of hydrogen-bond acceptors (Lipinski definition) is 0. The van der Waals surface area contributed by atoms with E-state index in [-0.39, 0.29) is 4.75 Å². The van der Waals surface area contributed by atoms with Crippen molar-refractivity contribution < 1.29 is 0 Å². The Balaban J connectivity index is 3.45. The Bertz CT molecular complexity index is 49.4. The van der Waals surface area contributed by atoms with Gasteiger partial charge in [0.2, 0.25) is 0 Å². The smallest absolute Gasteiger partial charge is 0.0383 e. The van der Waals surface area contributed by atoms with Crippen molar-refractivity contribution in [1.82, 2.24) is 0 Å². The van der Waals surface area contributed by atoms with E-state index in [9.17, 15) is 0 Å². The van der Waals surface area contributed by atoms with Crippen molar-refractivity contribution in [3.05, 3.63) is 12.7 Å². The average Bonchev–Trinajstić information content (AvgIpc) is 1.35. The first kappa shape index (κ1) is 6.09. The van der Waals surface area contributed by atoms with Gasteiger partial charge in [0.1, 0.15) is 0 Å². The van der Waals surface area contributed by atoms with Crippen LogP contribution in [-0.4, -0.2) is 4.75 Å². The van der Waals surface area contributed by atoms with Gasteiger partial charge in [0.05, 0.1) is 0 Å². The number of rotatable bonds is 1. The highest BCUT2D eigenvalue weighted by Gasteiger charge is 2.02. The molecule has 0 rings (SSSR count). The molecule has 0 atom stereocenters. The average molecular weight is 101 g/mol. The van der Waals surface area contributed by atoms with Gasteiger partial charge in [0, 0.05) is 4.75 Å². The summed E-state index contributed by atoms with van der Waals surface area (Å²) in [5, 5.41) is 0. The standard InChI is InChI=1S/C5H9S/c1-4-5(2,3)6/h4H,1H2,2-3H3. The first-order valence-corrected chi connectivity index (χ1v) is 2.31. The Morgan fingerprint density at radius 1 is 1.67 bits per heavy atom. The lowest BCUT2D eigenvalue weighted by atomic mass is 10.2. The molecule has 0 aromatic heterocycles. The van der Waals surface area contributed by atoms with Gasteiger partial charge in [-0.05, 0) is 13.8 Å². The van der Waals surface area contributed by atoms with Crippen molar-refractivity contribution in [3.8, 4) is 0 Å². The summed E-state index contributed by atoms with van der Waals surface area (Å²) in [4.78, 5) is 0. The molecule has 0 spiro atoms. The maximum Gasteiger partial charge on any atom is 0.0383 e. The lowest BCUT2D eigenvalue weighted by Gasteiger charge is -2.05. The second kappa shape index (κ2) is 1.69. The molecule has 0 unspecified atom stereocenters. The minimum Gasteiger partial charge on any atom is -0.102 e. The second-order valence-corrected chi connectivity index (χ2v) is 2.86. The van der Waals surface area contributed by atoms with Gasteiger partial charge in [0.25, 0.3) is 0 Å². The molecule has 0 amide bonds. The van der Waals surface area contributed by atoms with Crippen molar-refractivity contribution in [1.29, 1.82) is 0 Å². The van der Waals surface area contributed by atoms with E-state index in [1.54, 1.807) is 6.08 Å². The summed E-state index contributed by atoms with van der Waals surface area (Å²) >= 11 is 4.87. The molecule has 0 aromatic rings. The van der Waals surface area contributed by atoms with Crippen LogP contribution in [0.25, 0.3) is 0 Å². The third kappa shape index (κ3) is 4.09. The minimum absolute atomic E-state index is 0.111. The Labute approximate surface area is 44.7 Å². The molecule has 35 valence electrons. The molecule has 0 aliphatic heterocycles. The molecule has 0 bridgehead atoms. The normalized spacial score (nSPS) is 11.2. The minimum atomic E-state index is -0.111. The SMILES string of the molecule is C=CC(C)(C)[S]. The Kier molecular flexibility index (Phi) is 1.72. The maximum absolute atomic E-state index is 4.87. The summed E-state index contributed by atoms with van der Waals surface area (Å²) < 4.78 is -0.111. The van der Waals surface area contributed by atoms with Crippen LogP contribution < -0.4 is 0 Å². The molecule has 0 aromatic carbocycles. The highest BCUT2D eigenvalue weighted by atomic mass is 32.1. The van der Waals surface area contributed by atoms with Crippen LogP contribution in [-0.2, 0) is 0 Å². The van der Waals surface area contributed by atoms with Crippen molar-refractivity contribution in [3.63, 3.8) is 0 Å². The van der Waals surface area contributed by atoms with E-state index < -0.39 is 0 Å². The van der Waals surface area contributed by atoms with Gasteiger partial charge in [-0.15, -0.1) is 6.58 Å². The van der Waals surface area contributed by atoms with Gasteiger partial charge in [-0.3, -0.25) is 0 Å². The molecule has 0 aliphatic carbocycles. The maximum atomic E-state index is 4.87. The van der Waals surface area contributed by atoms with Crippen molar-refractivity contribution >= 4 is 12.6 Å². The number of hydrogen-bond donors (Lipinski definition) is 0. The topological polar surface area (TPSA) is 0 Å². The van der Waals surface area contributed by atoms with E-state index >= 15 is 0 Å².